The summed E-state index contributed by atoms with van der Waals surface area (Å²) in [6.45, 7) is 14.6. The van der Waals surface area contributed by atoms with Crippen molar-refractivity contribution in [2.45, 2.75) is 33.7 Å². The zero-order chi connectivity index (χ0) is 10.6. The molecule has 82 valence electrons. The van der Waals surface area contributed by atoms with Crippen molar-refractivity contribution >= 4 is 22.9 Å². The molecule has 2 rings (SSSR count). The molecular formula is C11H21IN2. The average molecular weight is 308 g/mol. The van der Waals surface area contributed by atoms with Gasteiger partial charge in [-0.1, -0.05) is 13.8 Å². The number of hydrogen-bond donors (Lipinski definition) is 0. The molecule has 0 saturated carbocycles. The molecular weight excluding hydrogens is 287 g/mol. The van der Waals surface area contributed by atoms with Crippen LogP contribution >= 0.6 is 22.9 Å². The summed E-state index contributed by atoms with van der Waals surface area (Å²) in [5, 5.41) is 0. The van der Waals surface area contributed by atoms with Crippen LogP contribution in [0.2, 0.25) is 0 Å². The van der Waals surface area contributed by atoms with Gasteiger partial charge in [-0.05, 0) is 13.8 Å². The SMILES string of the molecule is CC(C)N1C[C@]2(C)CN(I)C[C@]2(C)C1. The summed E-state index contributed by atoms with van der Waals surface area (Å²) in [5.41, 5.74) is 1.02. The Kier molecular flexibility index (Phi) is 2.64. The molecule has 3 heteroatoms. The summed E-state index contributed by atoms with van der Waals surface area (Å²) in [5.74, 6) is 0. The first-order chi connectivity index (χ1) is 6.36. The van der Waals surface area contributed by atoms with E-state index in [9.17, 15) is 0 Å². The number of likely N-dealkylation sites (tertiary alicyclic amines) is 1. The zero-order valence-electron chi connectivity index (χ0n) is 9.68. The standard InChI is InChI=1S/C11H21IN2/c1-9(2)13-5-10(3)7-14(12)8-11(10,4)6-13/h9H,5-8H2,1-4H3/t10-,11+. The van der Waals surface area contributed by atoms with Crippen LogP contribution in [0.4, 0.5) is 0 Å². The summed E-state index contributed by atoms with van der Waals surface area (Å²) in [7, 11) is 0. The van der Waals surface area contributed by atoms with E-state index in [1.54, 1.807) is 0 Å². The van der Waals surface area contributed by atoms with Crippen molar-refractivity contribution in [2.75, 3.05) is 26.2 Å². The van der Waals surface area contributed by atoms with Crippen molar-refractivity contribution in [1.82, 2.24) is 8.01 Å². The van der Waals surface area contributed by atoms with E-state index in [0.717, 1.165) is 0 Å². The van der Waals surface area contributed by atoms with Gasteiger partial charge in [0.1, 0.15) is 0 Å². The summed E-state index contributed by atoms with van der Waals surface area (Å²) in [6, 6.07) is 0.705. The first-order valence-corrected chi connectivity index (χ1v) is 6.48. The van der Waals surface area contributed by atoms with Gasteiger partial charge in [0.2, 0.25) is 0 Å². The molecule has 0 aromatic carbocycles. The summed E-state index contributed by atoms with van der Waals surface area (Å²) < 4.78 is 2.47. The fraction of sp³-hybridized carbons (Fsp3) is 1.00. The Labute approximate surface area is 102 Å². The van der Waals surface area contributed by atoms with Crippen molar-refractivity contribution in [3.05, 3.63) is 0 Å². The largest absolute Gasteiger partial charge is 0.300 e. The predicted molar refractivity (Wildman–Crippen MR) is 68.5 cm³/mol. The molecule has 2 heterocycles. The lowest BCUT2D eigenvalue weighted by Gasteiger charge is -2.30. The van der Waals surface area contributed by atoms with E-state index in [1.165, 1.54) is 26.2 Å². The minimum absolute atomic E-state index is 0.512. The van der Waals surface area contributed by atoms with Crippen LogP contribution in [0.5, 0.6) is 0 Å². The lowest BCUT2D eigenvalue weighted by atomic mass is 9.71. The van der Waals surface area contributed by atoms with Gasteiger partial charge in [0.05, 0.1) is 0 Å². The highest BCUT2D eigenvalue weighted by atomic mass is 127. The number of fused-ring (bicyclic) bond motifs is 1. The van der Waals surface area contributed by atoms with E-state index in [-0.39, 0.29) is 0 Å². The van der Waals surface area contributed by atoms with Crippen molar-refractivity contribution < 1.29 is 0 Å². The second-order valence-corrected chi connectivity index (χ2v) is 7.26. The molecule has 0 aliphatic carbocycles. The van der Waals surface area contributed by atoms with Crippen molar-refractivity contribution in [3.63, 3.8) is 0 Å². The Morgan fingerprint density at radius 1 is 1.00 bits per heavy atom. The minimum Gasteiger partial charge on any atom is -0.300 e. The van der Waals surface area contributed by atoms with Gasteiger partial charge in [-0.15, -0.1) is 0 Å². The highest BCUT2D eigenvalue weighted by molar-refractivity contribution is 14.1. The van der Waals surface area contributed by atoms with Crippen LogP contribution in [0.25, 0.3) is 0 Å². The molecule has 2 nitrogen and oxygen atoms in total. The van der Waals surface area contributed by atoms with Crippen molar-refractivity contribution in [3.8, 4) is 0 Å². The van der Waals surface area contributed by atoms with E-state index in [2.05, 4.69) is 58.6 Å². The van der Waals surface area contributed by atoms with Crippen LogP contribution in [0, 0.1) is 10.8 Å². The topological polar surface area (TPSA) is 6.48 Å². The smallest absolute Gasteiger partial charge is 0.0201 e. The fourth-order valence-corrected chi connectivity index (χ4v) is 4.50. The quantitative estimate of drug-likeness (QED) is 0.542. The van der Waals surface area contributed by atoms with Gasteiger partial charge < -0.3 is 0 Å². The molecule has 0 amide bonds. The first kappa shape index (κ1) is 11.1. The van der Waals surface area contributed by atoms with Gasteiger partial charge in [0.15, 0.2) is 0 Å². The summed E-state index contributed by atoms with van der Waals surface area (Å²) in [6.07, 6.45) is 0. The van der Waals surface area contributed by atoms with Crippen molar-refractivity contribution in [1.29, 1.82) is 0 Å². The first-order valence-electron chi connectivity index (χ1n) is 5.51. The summed E-state index contributed by atoms with van der Waals surface area (Å²) >= 11 is 2.48. The van der Waals surface area contributed by atoms with E-state index >= 15 is 0 Å². The third kappa shape index (κ3) is 1.52. The molecule has 2 atom stereocenters. The van der Waals surface area contributed by atoms with Crippen LogP contribution in [-0.2, 0) is 0 Å². The number of hydrogen-bond acceptors (Lipinski definition) is 2. The highest BCUT2D eigenvalue weighted by Crippen LogP contribution is 2.52. The molecule has 0 N–H and O–H groups in total. The van der Waals surface area contributed by atoms with Gasteiger partial charge in [0.25, 0.3) is 0 Å². The van der Waals surface area contributed by atoms with Crippen LogP contribution in [0.1, 0.15) is 27.7 Å². The van der Waals surface area contributed by atoms with Crippen LogP contribution in [0.15, 0.2) is 0 Å². The zero-order valence-corrected chi connectivity index (χ0v) is 11.8. The predicted octanol–water partition coefficient (Wildman–Crippen LogP) is 2.39. The lowest BCUT2D eigenvalue weighted by molar-refractivity contribution is 0.212. The third-order valence-corrected chi connectivity index (χ3v) is 5.01. The molecule has 0 aromatic heterocycles. The fourth-order valence-electron chi connectivity index (χ4n) is 2.99. The molecule has 0 unspecified atom stereocenters. The van der Waals surface area contributed by atoms with E-state index < -0.39 is 0 Å². The number of nitrogens with zero attached hydrogens (tertiary/aromatic N) is 2. The molecule has 0 spiro atoms. The van der Waals surface area contributed by atoms with Gasteiger partial charge >= 0.3 is 0 Å². The average Bonchev–Trinajstić information content (AvgIpc) is 2.33. The van der Waals surface area contributed by atoms with Crippen LogP contribution in [0.3, 0.4) is 0 Å². The Morgan fingerprint density at radius 2 is 1.43 bits per heavy atom. The monoisotopic (exact) mass is 308 g/mol. The minimum atomic E-state index is 0.512. The lowest BCUT2D eigenvalue weighted by Crippen LogP contribution is -2.34. The Balaban J connectivity index is 2.19. The van der Waals surface area contributed by atoms with Gasteiger partial charge in [0, 0.05) is 65.9 Å². The maximum atomic E-state index is 2.64. The molecule has 2 saturated heterocycles. The van der Waals surface area contributed by atoms with Crippen LogP contribution < -0.4 is 0 Å². The number of halogens is 1. The Hall–Kier alpha value is 0.650. The molecule has 2 aliphatic rings. The second-order valence-electron chi connectivity index (χ2n) is 5.90. The molecule has 0 bridgehead atoms. The molecule has 14 heavy (non-hydrogen) atoms. The maximum absolute atomic E-state index is 2.64. The molecule has 0 aromatic rings. The number of rotatable bonds is 1. The molecule has 2 aliphatic heterocycles. The van der Waals surface area contributed by atoms with Gasteiger partial charge in [-0.2, -0.15) is 0 Å². The maximum Gasteiger partial charge on any atom is 0.0201 e. The van der Waals surface area contributed by atoms with Gasteiger partial charge in [-0.25, -0.2) is 3.11 Å². The summed E-state index contributed by atoms with van der Waals surface area (Å²) in [4.78, 5) is 2.64. The van der Waals surface area contributed by atoms with Gasteiger partial charge in [-0.3, -0.25) is 4.90 Å². The Morgan fingerprint density at radius 3 is 1.79 bits per heavy atom. The van der Waals surface area contributed by atoms with E-state index in [0.29, 0.717) is 16.9 Å². The second kappa shape index (κ2) is 3.32. The molecule has 0 radical (unpaired) electrons. The normalized spacial score (nSPS) is 45.0. The highest BCUT2D eigenvalue weighted by Gasteiger charge is 2.57. The Bertz CT molecular complexity index is 223. The van der Waals surface area contributed by atoms with E-state index in [4.69, 9.17) is 0 Å². The molecule has 2 fully saturated rings. The van der Waals surface area contributed by atoms with E-state index in [1.807, 2.05) is 0 Å². The van der Waals surface area contributed by atoms with Crippen molar-refractivity contribution in [2.24, 2.45) is 10.8 Å². The van der Waals surface area contributed by atoms with Crippen LogP contribution in [-0.4, -0.2) is 40.2 Å². The third-order valence-electron chi connectivity index (χ3n) is 4.33.